The third kappa shape index (κ3) is 10.2. The topological polar surface area (TPSA) is 0 Å². The summed E-state index contributed by atoms with van der Waals surface area (Å²) in [4.78, 5) is 0. The van der Waals surface area contributed by atoms with Crippen molar-refractivity contribution in [2.45, 2.75) is 58.3 Å². The Balaban J connectivity index is 3.00. The molecule has 0 aromatic heterocycles. The Hall–Kier alpha value is 0.320. The highest BCUT2D eigenvalue weighted by atomic mass is 35.5. The molecular weight excluding hydrogens is 203 g/mol. The van der Waals surface area contributed by atoms with Gasteiger partial charge in [-0.2, -0.15) is 0 Å². The standard InChI is InChI=1S/C11H20Cl2/c1-2-3-4-5-6-7-8-9-11(13)10-12/h10H,2-9H2,1H3/b11-10+. The molecule has 0 spiro atoms. The number of halogens is 2. The van der Waals surface area contributed by atoms with Gasteiger partial charge in [0.05, 0.1) is 0 Å². The minimum atomic E-state index is 0.787. The van der Waals surface area contributed by atoms with E-state index >= 15 is 0 Å². The largest absolute Gasteiger partial charge is 0.0917 e. The summed E-state index contributed by atoms with van der Waals surface area (Å²) < 4.78 is 0. The molecular formula is C11H20Cl2. The minimum absolute atomic E-state index is 0.787. The van der Waals surface area contributed by atoms with Gasteiger partial charge in [0.1, 0.15) is 0 Å². The van der Waals surface area contributed by atoms with Gasteiger partial charge in [-0.15, -0.1) is 0 Å². The average Bonchev–Trinajstić information content (AvgIpc) is 2.16. The van der Waals surface area contributed by atoms with Gasteiger partial charge in [-0.1, -0.05) is 68.7 Å². The van der Waals surface area contributed by atoms with Crippen LogP contribution in [-0.2, 0) is 0 Å². The van der Waals surface area contributed by atoms with E-state index in [1.807, 2.05) is 0 Å². The molecule has 0 aliphatic carbocycles. The maximum atomic E-state index is 5.76. The predicted octanol–water partition coefficient (Wildman–Crippen LogP) is 5.45. The second kappa shape index (κ2) is 10.4. The van der Waals surface area contributed by atoms with Gasteiger partial charge in [-0.3, -0.25) is 0 Å². The van der Waals surface area contributed by atoms with Crippen molar-refractivity contribution in [3.8, 4) is 0 Å². The molecule has 0 saturated heterocycles. The Labute approximate surface area is 92.3 Å². The quantitative estimate of drug-likeness (QED) is 0.480. The Morgan fingerprint density at radius 1 is 1.00 bits per heavy atom. The smallest absolute Gasteiger partial charge is 0.0293 e. The summed E-state index contributed by atoms with van der Waals surface area (Å²) in [7, 11) is 0. The SMILES string of the molecule is CCCCCCCCC/C(Cl)=C\Cl. The molecule has 0 N–H and O–H groups in total. The molecule has 0 amide bonds. The highest BCUT2D eigenvalue weighted by molar-refractivity contribution is 6.36. The fourth-order valence-corrected chi connectivity index (χ4v) is 1.55. The van der Waals surface area contributed by atoms with Crippen LogP contribution in [-0.4, -0.2) is 0 Å². The van der Waals surface area contributed by atoms with Crippen molar-refractivity contribution in [3.63, 3.8) is 0 Å². The summed E-state index contributed by atoms with van der Waals surface area (Å²) in [6, 6.07) is 0. The van der Waals surface area contributed by atoms with Gasteiger partial charge in [0, 0.05) is 10.6 Å². The highest BCUT2D eigenvalue weighted by Gasteiger charge is 1.93. The average molecular weight is 223 g/mol. The summed E-state index contributed by atoms with van der Waals surface area (Å²) in [5.74, 6) is 0. The lowest BCUT2D eigenvalue weighted by molar-refractivity contribution is 0.591. The third-order valence-corrected chi connectivity index (χ3v) is 2.81. The van der Waals surface area contributed by atoms with Crippen LogP contribution in [0.15, 0.2) is 10.6 Å². The predicted molar refractivity (Wildman–Crippen MR) is 62.4 cm³/mol. The molecule has 0 heterocycles. The first-order valence-corrected chi connectivity index (χ1v) is 6.07. The van der Waals surface area contributed by atoms with Crippen molar-refractivity contribution in [2.24, 2.45) is 0 Å². The normalized spacial score (nSPS) is 12.1. The van der Waals surface area contributed by atoms with Crippen LogP contribution in [0.3, 0.4) is 0 Å². The zero-order chi connectivity index (χ0) is 9.94. The number of hydrogen-bond acceptors (Lipinski definition) is 0. The van der Waals surface area contributed by atoms with E-state index in [1.54, 1.807) is 0 Å². The van der Waals surface area contributed by atoms with Crippen LogP contribution in [0.25, 0.3) is 0 Å². The van der Waals surface area contributed by atoms with Crippen LogP contribution >= 0.6 is 23.2 Å². The van der Waals surface area contributed by atoms with Gasteiger partial charge in [-0.05, 0) is 12.8 Å². The zero-order valence-corrected chi connectivity index (χ0v) is 10.0. The molecule has 0 atom stereocenters. The molecule has 0 aliphatic heterocycles. The molecule has 0 saturated carbocycles. The van der Waals surface area contributed by atoms with Crippen molar-refractivity contribution < 1.29 is 0 Å². The molecule has 13 heavy (non-hydrogen) atoms. The number of rotatable bonds is 8. The number of allylic oxidation sites excluding steroid dienone is 1. The van der Waals surface area contributed by atoms with Crippen LogP contribution in [0, 0.1) is 0 Å². The summed E-state index contributed by atoms with van der Waals surface area (Å²) in [5, 5.41) is 0.787. The molecule has 0 nitrogen and oxygen atoms in total. The zero-order valence-electron chi connectivity index (χ0n) is 8.49. The number of hydrogen-bond donors (Lipinski definition) is 0. The lowest BCUT2D eigenvalue weighted by Crippen LogP contribution is -1.80. The lowest BCUT2D eigenvalue weighted by Gasteiger charge is -2.00. The van der Waals surface area contributed by atoms with Crippen molar-refractivity contribution in [1.82, 2.24) is 0 Å². The molecule has 0 rings (SSSR count). The van der Waals surface area contributed by atoms with Crippen molar-refractivity contribution >= 4 is 23.2 Å². The molecule has 0 aromatic rings. The van der Waals surface area contributed by atoms with Crippen LogP contribution < -0.4 is 0 Å². The molecule has 0 aromatic carbocycles. The first kappa shape index (κ1) is 13.3. The Bertz CT molecular complexity index is 130. The molecule has 78 valence electrons. The molecule has 2 heteroatoms. The molecule has 0 aliphatic rings. The minimum Gasteiger partial charge on any atom is -0.0917 e. The third-order valence-electron chi connectivity index (χ3n) is 2.14. The van der Waals surface area contributed by atoms with E-state index < -0.39 is 0 Å². The van der Waals surface area contributed by atoms with E-state index in [9.17, 15) is 0 Å². The van der Waals surface area contributed by atoms with Gasteiger partial charge in [0.2, 0.25) is 0 Å². The summed E-state index contributed by atoms with van der Waals surface area (Å²) in [6.07, 6.45) is 10.2. The van der Waals surface area contributed by atoms with Gasteiger partial charge < -0.3 is 0 Å². The van der Waals surface area contributed by atoms with E-state index in [1.165, 1.54) is 50.5 Å². The molecule has 0 fully saturated rings. The highest BCUT2D eigenvalue weighted by Crippen LogP contribution is 2.15. The first-order valence-electron chi connectivity index (χ1n) is 5.26. The monoisotopic (exact) mass is 222 g/mol. The Morgan fingerprint density at radius 3 is 2.08 bits per heavy atom. The van der Waals surface area contributed by atoms with Crippen LogP contribution in [0.1, 0.15) is 58.3 Å². The fourth-order valence-electron chi connectivity index (χ4n) is 1.31. The Morgan fingerprint density at radius 2 is 1.54 bits per heavy atom. The molecule has 0 unspecified atom stereocenters. The molecule has 0 bridgehead atoms. The summed E-state index contributed by atoms with van der Waals surface area (Å²) in [5.41, 5.74) is 1.47. The van der Waals surface area contributed by atoms with E-state index in [-0.39, 0.29) is 0 Å². The van der Waals surface area contributed by atoms with Gasteiger partial charge >= 0.3 is 0 Å². The summed E-state index contributed by atoms with van der Waals surface area (Å²) in [6.45, 7) is 2.24. The molecule has 0 radical (unpaired) electrons. The maximum absolute atomic E-state index is 5.76. The second-order valence-electron chi connectivity index (χ2n) is 3.43. The van der Waals surface area contributed by atoms with Crippen LogP contribution in [0.5, 0.6) is 0 Å². The number of unbranched alkanes of at least 4 members (excludes halogenated alkanes) is 6. The van der Waals surface area contributed by atoms with E-state index in [4.69, 9.17) is 23.2 Å². The maximum Gasteiger partial charge on any atom is 0.0293 e. The lowest BCUT2D eigenvalue weighted by atomic mass is 10.1. The van der Waals surface area contributed by atoms with Crippen molar-refractivity contribution in [3.05, 3.63) is 10.6 Å². The summed E-state index contributed by atoms with van der Waals surface area (Å²) >= 11 is 11.2. The van der Waals surface area contributed by atoms with E-state index in [2.05, 4.69) is 6.92 Å². The van der Waals surface area contributed by atoms with Crippen LogP contribution in [0.2, 0.25) is 0 Å². The van der Waals surface area contributed by atoms with Gasteiger partial charge in [0.15, 0.2) is 0 Å². The first-order chi connectivity index (χ1) is 6.31. The van der Waals surface area contributed by atoms with E-state index in [0.717, 1.165) is 11.5 Å². The second-order valence-corrected chi connectivity index (χ2v) is 4.13. The van der Waals surface area contributed by atoms with Crippen molar-refractivity contribution in [2.75, 3.05) is 0 Å². The van der Waals surface area contributed by atoms with E-state index in [0.29, 0.717) is 0 Å². The Kier molecular flexibility index (Phi) is 10.7. The fraction of sp³-hybridized carbons (Fsp3) is 0.818. The van der Waals surface area contributed by atoms with Gasteiger partial charge in [0.25, 0.3) is 0 Å². The van der Waals surface area contributed by atoms with Gasteiger partial charge in [-0.25, -0.2) is 0 Å². The van der Waals surface area contributed by atoms with Crippen LogP contribution in [0.4, 0.5) is 0 Å². The van der Waals surface area contributed by atoms with Crippen molar-refractivity contribution in [1.29, 1.82) is 0 Å².